The minimum atomic E-state index is -0.285. The van der Waals surface area contributed by atoms with Gasteiger partial charge in [-0.15, -0.1) is 0 Å². The van der Waals surface area contributed by atoms with E-state index < -0.39 is 0 Å². The first-order valence-corrected chi connectivity index (χ1v) is 6.37. The molecule has 19 heavy (non-hydrogen) atoms. The van der Waals surface area contributed by atoms with E-state index in [-0.39, 0.29) is 18.3 Å². The van der Waals surface area contributed by atoms with Gasteiger partial charge >= 0.3 is 0 Å². The van der Waals surface area contributed by atoms with E-state index >= 15 is 0 Å². The zero-order chi connectivity index (χ0) is 13.4. The summed E-state index contributed by atoms with van der Waals surface area (Å²) in [5.74, 6) is 1.19. The summed E-state index contributed by atoms with van der Waals surface area (Å²) in [7, 11) is 0. The standard InChI is InChI=1S/C16H15FO2/c1-10(9-18)11-3-5-15-13(6-11)7-12-2-4-14(17)8-16(12)19-15/h2-6,8,10,18H,7,9H2,1H3. The smallest absolute Gasteiger partial charge is 0.133 e. The van der Waals surface area contributed by atoms with Gasteiger partial charge in [-0.3, -0.25) is 0 Å². The topological polar surface area (TPSA) is 29.5 Å². The molecule has 0 spiro atoms. The van der Waals surface area contributed by atoms with Crippen LogP contribution in [0.2, 0.25) is 0 Å². The Bertz CT molecular complexity index is 622. The van der Waals surface area contributed by atoms with E-state index in [1.165, 1.54) is 12.1 Å². The predicted molar refractivity (Wildman–Crippen MR) is 71.2 cm³/mol. The molecule has 98 valence electrons. The van der Waals surface area contributed by atoms with Crippen molar-refractivity contribution in [3.8, 4) is 11.5 Å². The molecule has 0 amide bonds. The van der Waals surface area contributed by atoms with Crippen LogP contribution in [-0.2, 0) is 6.42 Å². The van der Waals surface area contributed by atoms with Gasteiger partial charge in [0.2, 0.25) is 0 Å². The molecule has 1 aliphatic rings. The van der Waals surface area contributed by atoms with Gasteiger partial charge < -0.3 is 9.84 Å². The third-order valence-corrected chi connectivity index (χ3v) is 3.56. The van der Waals surface area contributed by atoms with Crippen molar-refractivity contribution in [2.75, 3.05) is 6.61 Å². The second kappa shape index (κ2) is 4.67. The molecule has 0 bridgehead atoms. The highest BCUT2D eigenvalue weighted by atomic mass is 19.1. The normalized spacial score (nSPS) is 14.3. The highest BCUT2D eigenvalue weighted by Gasteiger charge is 2.18. The molecule has 1 unspecified atom stereocenters. The molecule has 2 aromatic rings. The minimum absolute atomic E-state index is 0.111. The summed E-state index contributed by atoms with van der Waals surface area (Å²) in [4.78, 5) is 0. The summed E-state index contributed by atoms with van der Waals surface area (Å²) in [5.41, 5.74) is 3.16. The van der Waals surface area contributed by atoms with Crippen LogP contribution in [0.5, 0.6) is 11.5 Å². The van der Waals surface area contributed by atoms with Crippen LogP contribution in [0.1, 0.15) is 29.5 Å². The Morgan fingerprint density at radius 3 is 2.79 bits per heavy atom. The number of aliphatic hydroxyl groups excluding tert-OH is 1. The molecule has 0 saturated carbocycles. The highest BCUT2D eigenvalue weighted by Crippen LogP contribution is 2.37. The maximum Gasteiger partial charge on any atom is 0.133 e. The van der Waals surface area contributed by atoms with E-state index in [1.807, 2.05) is 19.1 Å². The molecule has 1 N–H and O–H groups in total. The van der Waals surface area contributed by atoms with Crippen molar-refractivity contribution in [3.63, 3.8) is 0 Å². The summed E-state index contributed by atoms with van der Waals surface area (Å²) in [5, 5.41) is 9.21. The SMILES string of the molecule is CC(CO)c1ccc2c(c1)Cc1ccc(F)cc1O2. The van der Waals surface area contributed by atoms with E-state index in [4.69, 9.17) is 4.74 Å². The average molecular weight is 258 g/mol. The van der Waals surface area contributed by atoms with Crippen LogP contribution in [0, 0.1) is 5.82 Å². The number of aliphatic hydroxyl groups is 1. The lowest BCUT2D eigenvalue weighted by atomic mass is 9.94. The molecule has 0 saturated heterocycles. The van der Waals surface area contributed by atoms with E-state index in [9.17, 15) is 9.50 Å². The lowest BCUT2D eigenvalue weighted by Gasteiger charge is -2.21. The molecular formula is C16H15FO2. The molecule has 0 fully saturated rings. The van der Waals surface area contributed by atoms with E-state index in [1.54, 1.807) is 6.07 Å². The number of hydrogen-bond donors (Lipinski definition) is 1. The largest absolute Gasteiger partial charge is 0.457 e. The molecule has 1 atom stereocenters. The van der Waals surface area contributed by atoms with E-state index in [0.29, 0.717) is 5.75 Å². The Hall–Kier alpha value is -1.87. The second-order valence-electron chi connectivity index (χ2n) is 4.98. The molecule has 3 heteroatoms. The van der Waals surface area contributed by atoms with Crippen LogP contribution in [0.4, 0.5) is 4.39 Å². The zero-order valence-corrected chi connectivity index (χ0v) is 10.7. The van der Waals surface area contributed by atoms with Crippen LogP contribution in [0.25, 0.3) is 0 Å². The number of fused-ring (bicyclic) bond motifs is 2. The quantitative estimate of drug-likeness (QED) is 0.760. The van der Waals surface area contributed by atoms with Crippen LogP contribution >= 0.6 is 0 Å². The number of halogens is 1. The van der Waals surface area contributed by atoms with Gasteiger partial charge in [0.1, 0.15) is 17.3 Å². The van der Waals surface area contributed by atoms with Crippen molar-refractivity contribution >= 4 is 0 Å². The number of benzene rings is 2. The Morgan fingerprint density at radius 2 is 2.00 bits per heavy atom. The predicted octanol–water partition coefficient (Wildman–Crippen LogP) is 3.62. The molecule has 0 aromatic heterocycles. The van der Waals surface area contributed by atoms with Crippen molar-refractivity contribution in [2.45, 2.75) is 19.3 Å². The summed E-state index contributed by atoms with van der Waals surface area (Å²) >= 11 is 0. The molecule has 2 nitrogen and oxygen atoms in total. The fourth-order valence-corrected chi connectivity index (χ4v) is 2.34. The lowest BCUT2D eigenvalue weighted by Crippen LogP contribution is -2.06. The van der Waals surface area contributed by atoms with Crippen molar-refractivity contribution in [2.24, 2.45) is 0 Å². The lowest BCUT2D eigenvalue weighted by molar-refractivity contribution is 0.273. The van der Waals surface area contributed by atoms with Gasteiger partial charge in [0.05, 0.1) is 0 Å². The molecular weight excluding hydrogens is 243 g/mol. The summed E-state index contributed by atoms with van der Waals surface area (Å²) in [6.07, 6.45) is 0.733. The first-order chi connectivity index (χ1) is 9.17. The average Bonchev–Trinajstić information content (AvgIpc) is 2.43. The van der Waals surface area contributed by atoms with Crippen LogP contribution < -0.4 is 4.74 Å². The fourth-order valence-electron chi connectivity index (χ4n) is 2.34. The van der Waals surface area contributed by atoms with Crippen LogP contribution in [0.15, 0.2) is 36.4 Å². The minimum Gasteiger partial charge on any atom is -0.457 e. The van der Waals surface area contributed by atoms with Gasteiger partial charge in [0.25, 0.3) is 0 Å². The van der Waals surface area contributed by atoms with Gasteiger partial charge in [-0.25, -0.2) is 4.39 Å². The van der Waals surface area contributed by atoms with Gasteiger partial charge in [0.15, 0.2) is 0 Å². The molecule has 1 aliphatic heterocycles. The van der Waals surface area contributed by atoms with Crippen molar-refractivity contribution in [1.82, 2.24) is 0 Å². The van der Waals surface area contributed by atoms with Crippen molar-refractivity contribution in [3.05, 3.63) is 58.9 Å². The Morgan fingerprint density at radius 1 is 1.16 bits per heavy atom. The first kappa shape index (κ1) is 12.2. The molecule has 2 aromatic carbocycles. The van der Waals surface area contributed by atoms with Crippen LogP contribution in [0.3, 0.4) is 0 Å². The maximum atomic E-state index is 13.2. The molecule has 0 aliphatic carbocycles. The molecule has 1 heterocycles. The van der Waals surface area contributed by atoms with Gasteiger partial charge in [0, 0.05) is 25.0 Å². The zero-order valence-electron chi connectivity index (χ0n) is 10.7. The number of rotatable bonds is 2. The summed E-state index contributed by atoms with van der Waals surface area (Å²) < 4.78 is 18.9. The van der Waals surface area contributed by atoms with Gasteiger partial charge in [-0.1, -0.05) is 25.1 Å². The maximum absolute atomic E-state index is 13.2. The third kappa shape index (κ3) is 2.22. The molecule has 0 radical (unpaired) electrons. The third-order valence-electron chi connectivity index (χ3n) is 3.56. The summed E-state index contributed by atoms with van der Waals surface area (Å²) in [6.45, 7) is 2.11. The van der Waals surface area contributed by atoms with Gasteiger partial charge in [-0.05, 0) is 28.8 Å². The Kier molecular flexibility index (Phi) is 2.99. The molecule has 3 rings (SSSR count). The summed E-state index contributed by atoms with van der Waals surface area (Å²) in [6, 6.07) is 10.5. The van der Waals surface area contributed by atoms with Crippen molar-refractivity contribution in [1.29, 1.82) is 0 Å². The second-order valence-corrected chi connectivity index (χ2v) is 4.98. The Labute approximate surface area is 111 Å². The first-order valence-electron chi connectivity index (χ1n) is 6.37. The monoisotopic (exact) mass is 258 g/mol. The highest BCUT2D eigenvalue weighted by molar-refractivity contribution is 5.51. The van der Waals surface area contributed by atoms with E-state index in [2.05, 4.69) is 6.07 Å². The number of hydrogen-bond acceptors (Lipinski definition) is 2. The Balaban J connectivity index is 1.98. The van der Waals surface area contributed by atoms with E-state index in [0.717, 1.165) is 28.9 Å². The van der Waals surface area contributed by atoms with Crippen molar-refractivity contribution < 1.29 is 14.2 Å². The van der Waals surface area contributed by atoms with Crippen LogP contribution in [-0.4, -0.2) is 11.7 Å². The number of ether oxygens (including phenoxy) is 1. The van der Waals surface area contributed by atoms with Gasteiger partial charge in [-0.2, -0.15) is 0 Å². The fraction of sp³-hybridized carbons (Fsp3) is 0.250.